The lowest BCUT2D eigenvalue weighted by molar-refractivity contribution is 0.103. The highest BCUT2D eigenvalue weighted by molar-refractivity contribution is 7.90. The van der Waals surface area contributed by atoms with E-state index in [2.05, 4.69) is 4.72 Å². The molecule has 0 aliphatic heterocycles. The summed E-state index contributed by atoms with van der Waals surface area (Å²) in [7, 11) is -3.31. The minimum absolute atomic E-state index is 0.0567. The standard InChI is InChI=1S/C28H32ClFN2O5S2/c1-7-39(36,37)16-18-8-10-20(27(34)21-11-9-19(30)13-25(21)29)23(12-18)24-15-32(6)26(33)14-22(24)17(2)31-38(35)28(3,4)5/h8-15,17,31H,7,16H2,1-6H3/t17?,38-/m0/s1. The third-order valence-electron chi connectivity index (χ3n) is 6.19. The molecule has 1 aromatic heterocycles. The first kappa shape index (κ1) is 30.9. The molecule has 3 rings (SSSR count). The predicted molar refractivity (Wildman–Crippen MR) is 155 cm³/mol. The lowest BCUT2D eigenvalue weighted by Gasteiger charge is -2.24. The summed E-state index contributed by atoms with van der Waals surface area (Å²) in [5.41, 5.74) is 1.70. The highest BCUT2D eigenvalue weighted by Gasteiger charge is 2.26. The number of nitrogens with one attached hydrogen (secondary N) is 1. The first-order valence-corrected chi connectivity index (χ1v) is 15.6. The minimum atomic E-state index is -3.40. The van der Waals surface area contributed by atoms with Crippen molar-refractivity contribution in [3.63, 3.8) is 0 Å². The highest BCUT2D eigenvalue weighted by Crippen LogP contribution is 2.34. The van der Waals surface area contributed by atoms with Crippen molar-refractivity contribution in [3.05, 3.63) is 92.1 Å². The van der Waals surface area contributed by atoms with Crippen molar-refractivity contribution in [2.75, 3.05) is 5.75 Å². The van der Waals surface area contributed by atoms with E-state index in [0.29, 0.717) is 22.3 Å². The van der Waals surface area contributed by atoms with Gasteiger partial charge in [0.15, 0.2) is 15.6 Å². The van der Waals surface area contributed by atoms with E-state index in [1.165, 1.54) is 22.8 Å². The third-order valence-corrected chi connectivity index (χ3v) is 9.83. The van der Waals surface area contributed by atoms with Gasteiger partial charge in [-0.25, -0.2) is 21.7 Å². The molecule has 1 unspecified atom stereocenters. The molecule has 0 fully saturated rings. The van der Waals surface area contributed by atoms with Gasteiger partial charge in [-0.1, -0.05) is 30.7 Å². The highest BCUT2D eigenvalue weighted by atomic mass is 35.5. The average molecular weight is 595 g/mol. The summed E-state index contributed by atoms with van der Waals surface area (Å²) in [5.74, 6) is -1.40. The molecule has 7 nitrogen and oxygen atoms in total. The van der Waals surface area contributed by atoms with E-state index in [1.54, 1.807) is 39.2 Å². The maximum atomic E-state index is 13.7. The number of carbonyl (C=O) groups excluding carboxylic acids is 1. The number of ketones is 1. The molecule has 0 saturated carbocycles. The first-order chi connectivity index (χ1) is 18.0. The van der Waals surface area contributed by atoms with Crippen LogP contribution in [-0.4, -0.2) is 33.5 Å². The van der Waals surface area contributed by atoms with Crippen molar-refractivity contribution >= 4 is 38.2 Å². The Morgan fingerprint density at radius 3 is 2.33 bits per heavy atom. The number of aryl methyl sites for hydroxylation is 1. The zero-order valence-electron chi connectivity index (χ0n) is 22.7. The van der Waals surface area contributed by atoms with Crippen molar-refractivity contribution in [1.29, 1.82) is 0 Å². The molecular weight excluding hydrogens is 563 g/mol. The largest absolute Gasteiger partial charge is 0.318 e. The Morgan fingerprint density at radius 2 is 1.74 bits per heavy atom. The summed E-state index contributed by atoms with van der Waals surface area (Å²) in [6.45, 7) is 8.75. The topological polar surface area (TPSA) is 102 Å². The molecule has 1 N–H and O–H groups in total. The van der Waals surface area contributed by atoms with Gasteiger partial charge >= 0.3 is 0 Å². The molecule has 1 heterocycles. The van der Waals surface area contributed by atoms with Crippen LogP contribution in [0.3, 0.4) is 0 Å². The molecule has 210 valence electrons. The lowest BCUT2D eigenvalue weighted by atomic mass is 9.89. The summed E-state index contributed by atoms with van der Waals surface area (Å²) in [6.07, 6.45) is 1.56. The van der Waals surface area contributed by atoms with Gasteiger partial charge in [-0.2, -0.15) is 0 Å². The van der Waals surface area contributed by atoms with Crippen LogP contribution in [0.15, 0.2) is 53.5 Å². The molecule has 0 spiro atoms. The molecule has 0 radical (unpaired) electrons. The predicted octanol–water partition coefficient (Wildman–Crippen LogP) is 5.12. The first-order valence-electron chi connectivity index (χ1n) is 12.3. The molecule has 0 saturated heterocycles. The van der Waals surface area contributed by atoms with E-state index < -0.39 is 43.2 Å². The van der Waals surface area contributed by atoms with Gasteiger partial charge < -0.3 is 4.57 Å². The van der Waals surface area contributed by atoms with Crippen LogP contribution < -0.4 is 10.3 Å². The van der Waals surface area contributed by atoms with E-state index in [1.807, 2.05) is 20.8 Å². The average Bonchev–Trinajstić information content (AvgIpc) is 2.84. The van der Waals surface area contributed by atoms with Crippen LogP contribution in [0.5, 0.6) is 0 Å². The Hall–Kier alpha value is -2.66. The van der Waals surface area contributed by atoms with Crippen LogP contribution in [0.2, 0.25) is 5.02 Å². The smallest absolute Gasteiger partial charge is 0.250 e. The molecule has 0 amide bonds. The van der Waals surface area contributed by atoms with E-state index in [4.69, 9.17) is 11.6 Å². The molecule has 39 heavy (non-hydrogen) atoms. The van der Waals surface area contributed by atoms with Gasteiger partial charge in [0.05, 0.1) is 26.5 Å². The van der Waals surface area contributed by atoms with Crippen molar-refractivity contribution in [3.8, 4) is 11.1 Å². The fraction of sp³-hybridized carbons (Fsp3) is 0.357. The van der Waals surface area contributed by atoms with Crippen molar-refractivity contribution in [2.45, 2.75) is 51.2 Å². The summed E-state index contributed by atoms with van der Waals surface area (Å²) >= 11 is 6.21. The number of nitrogens with zero attached hydrogens (tertiary/aromatic N) is 1. The van der Waals surface area contributed by atoms with E-state index in [9.17, 15) is 26.6 Å². The van der Waals surface area contributed by atoms with Crippen molar-refractivity contribution in [1.82, 2.24) is 9.29 Å². The van der Waals surface area contributed by atoms with Gasteiger partial charge in [0.25, 0.3) is 5.56 Å². The Morgan fingerprint density at radius 1 is 1.10 bits per heavy atom. The van der Waals surface area contributed by atoms with Gasteiger partial charge in [-0.05, 0) is 68.7 Å². The molecule has 11 heteroatoms. The summed E-state index contributed by atoms with van der Waals surface area (Å²) in [6, 6.07) is 8.97. The minimum Gasteiger partial charge on any atom is -0.318 e. The van der Waals surface area contributed by atoms with Crippen molar-refractivity contribution in [2.24, 2.45) is 7.05 Å². The SMILES string of the molecule is CCS(=O)(=O)Cc1ccc(C(=O)c2ccc(F)cc2Cl)c(-c2cn(C)c(=O)cc2C(C)N[S@@](=O)C(C)(C)C)c1. The maximum Gasteiger partial charge on any atom is 0.250 e. The number of pyridine rings is 1. The molecule has 0 bridgehead atoms. The molecule has 2 aromatic carbocycles. The number of hydrogen-bond acceptors (Lipinski definition) is 5. The number of rotatable bonds is 9. The second-order valence-corrected chi connectivity index (χ2v) is 15.1. The maximum absolute atomic E-state index is 13.7. The molecular formula is C28H32ClFN2O5S2. The number of halogens is 2. The van der Waals surface area contributed by atoms with E-state index in [-0.39, 0.29) is 33.2 Å². The summed E-state index contributed by atoms with van der Waals surface area (Å²) in [4.78, 5) is 26.4. The van der Waals surface area contributed by atoms with Gasteiger partial charge in [-0.15, -0.1) is 0 Å². The van der Waals surface area contributed by atoms with Crippen molar-refractivity contribution < 1.29 is 21.8 Å². The Labute approximate surface area is 235 Å². The van der Waals surface area contributed by atoms with Crippen LogP contribution in [0.4, 0.5) is 4.39 Å². The number of benzene rings is 2. The van der Waals surface area contributed by atoms with Gasteiger partial charge in [-0.3, -0.25) is 9.59 Å². The van der Waals surface area contributed by atoms with Gasteiger partial charge in [0.1, 0.15) is 5.82 Å². The quantitative estimate of drug-likeness (QED) is 0.346. The van der Waals surface area contributed by atoms with E-state index >= 15 is 0 Å². The fourth-order valence-electron chi connectivity index (χ4n) is 3.91. The van der Waals surface area contributed by atoms with Crippen LogP contribution >= 0.6 is 11.6 Å². The van der Waals surface area contributed by atoms with Crippen LogP contribution in [0.1, 0.15) is 67.7 Å². The molecule has 0 aliphatic rings. The van der Waals surface area contributed by atoms with Crippen LogP contribution in [0.25, 0.3) is 11.1 Å². The number of hydrogen-bond donors (Lipinski definition) is 1. The second-order valence-electron chi connectivity index (χ2n) is 10.3. The Balaban J connectivity index is 2.30. The zero-order valence-corrected chi connectivity index (χ0v) is 25.1. The van der Waals surface area contributed by atoms with E-state index in [0.717, 1.165) is 12.1 Å². The number of carbonyl (C=O) groups is 1. The molecule has 2 atom stereocenters. The lowest BCUT2D eigenvalue weighted by Crippen LogP contribution is -2.35. The van der Waals surface area contributed by atoms with Gasteiger partial charge in [0.2, 0.25) is 0 Å². The Bertz CT molecular complexity index is 1610. The van der Waals surface area contributed by atoms with Gasteiger partial charge in [0, 0.05) is 47.8 Å². The normalized spacial score (nSPS) is 13.7. The third kappa shape index (κ3) is 7.30. The summed E-state index contributed by atoms with van der Waals surface area (Å²) in [5, 5.41) is -0.0696. The number of sulfone groups is 1. The van der Waals surface area contributed by atoms with Crippen LogP contribution in [0, 0.1) is 5.82 Å². The molecule has 3 aromatic rings. The fourth-order valence-corrected chi connectivity index (χ4v) is 5.85. The summed E-state index contributed by atoms with van der Waals surface area (Å²) < 4.78 is 55.2. The monoisotopic (exact) mass is 594 g/mol. The zero-order chi connectivity index (χ0) is 29.3. The second kappa shape index (κ2) is 11.8. The molecule has 0 aliphatic carbocycles. The Kier molecular flexibility index (Phi) is 9.37. The number of aromatic nitrogens is 1. The van der Waals surface area contributed by atoms with Crippen LogP contribution in [-0.2, 0) is 33.6 Å².